The van der Waals surface area contributed by atoms with Gasteiger partial charge >= 0.3 is 0 Å². The fourth-order valence-electron chi connectivity index (χ4n) is 2.36. The van der Waals surface area contributed by atoms with E-state index in [9.17, 15) is 9.59 Å². The number of nitrogens with one attached hydrogen (secondary N) is 1. The molecule has 0 radical (unpaired) electrons. The van der Waals surface area contributed by atoms with Gasteiger partial charge in [0.1, 0.15) is 6.04 Å². The van der Waals surface area contributed by atoms with Crippen molar-refractivity contribution in [1.29, 1.82) is 0 Å². The van der Waals surface area contributed by atoms with E-state index in [2.05, 4.69) is 5.32 Å². The standard InChI is InChI=1S/C16H19ClN2O2/c1-3-14-16(21)18-8-9-19(14)15(20)7-6-12-5-4-11(2)13(17)10-12/h4-7,10,14H,3,8-9H2,1-2H3,(H,18,21). The molecule has 1 aromatic carbocycles. The zero-order chi connectivity index (χ0) is 15.4. The first kappa shape index (κ1) is 15.6. The summed E-state index contributed by atoms with van der Waals surface area (Å²) in [4.78, 5) is 25.6. The van der Waals surface area contributed by atoms with Crippen LogP contribution in [0.25, 0.3) is 6.08 Å². The van der Waals surface area contributed by atoms with Gasteiger partial charge in [-0.2, -0.15) is 0 Å². The summed E-state index contributed by atoms with van der Waals surface area (Å²) < 4.78 is 0. The monoisotopic (exact) mass is 306 g/mol. The highest BCUT2D eigenvalue weighted by atomic mass is 35.5. The Kier molecular flexibility index (Phi) is 5.02. The molecule has 4 nitrogen and oxygen atoms in total. The number of benzene rings is 1. The minimum absolute atomic E-state index is 0.0797. The minimum atomic E-state index is -0.377. The number of carbonyl (C=O) groups is 2. The molecule has 2 rings (SSSR count). The van der Waals surface area contributed by atoms with E-state index in [1.165, 1.54) is 6.08 Å². The summed E-state index contributed by atoms with van der Waals surface area (Å²) in [5.74, 6) is -0.225. The molecular formula is C16H19ClN2O2. The van der Waals surface area contributed by atoms with E-state index < -0.39 is 0 Å². The van der Waals surface area contributed by atoms with Crippen molar-refractivity contribution in [1.82, 2.24) is 10.2 Å². The maximum Gasteiger partial charge on any atom is 0.247 e. The van der Waals surface area contributed by atoms with Gasteiger partial charge in [0, 0.05) is 24.2 Å². The zero-order valence-corrected chi connectivity index (χ0v) is 13.0. The van der Waals surface area contributed by atoms with Crippen LogP contribution in [0.5, 0.6) is 0 Å². The van der Waals surface area contributed by atoms with Crippen molar-refractivity contribution in [3.63, 3.8) is 0 Å². The zero-order valence-electron chi connectivity index (χ0n) is 12.2. The first-order chi connectivity index (χ1) is 10.0. The molecule has 2 amide bonds. The highest BCUT2D eigenvalue weighted by molar-refractivity contribution is 6.31. The number of halogens is 1. The Balaban J connectivity index is 2.10. The topological polar surface area (TPSA) is 49.4 Å². The average molecular weight is 307 g/mol. The van der Waals surface area contributed by atoms with Crippen molar-refractivity contribution >= 4 is 29.5 Å². The summed E-state index contributed by atoms with van der Waals surface area (Å²) in [7, 11) is 0. The van der Waals surface area contributed by atoms with Crippen LogP contribution < -0.4 is 5.32 Å². The van der Waals surface area contributed by atoms with Crippen molar-refractivity contribution in [2.75, 3.05) is 13.1 Å². The van der Waals surface area contributed by atoms with Crippen molar-refractivity contribution in [3.05, 3.63) is 40.4 Å². The molecule has 1 heterocycles. The molecule has 1 fully saturated rings. The van der Waals surface area contributed by atoms with Crippen molar-refractivity contribution in [2.45, 2.75) is 26.3 Å². The van der Waals surface area contributed by atoms with Gasteiger partial charge in [0.05, 0.1) is 0 Å². The smallest absolute Gasteiger partial charge is 0.247 e. The molecular weight excluding hydrogens is 288 g/mol. The number of piperazine rings is 1. The molecule has 0 bridgehead atoms. The van der Waals surface area contributed by atoms with Crippen LogP contribution in [0.3, 0.4) is 0 Å². The predicted octanol–water partition coefficient (Wildman–Crippen LogP) is 2.40. The van der Waals surface area contributed by atoms with Crippen LogP contribution in [-0.4, -0.2) is 35.8 Å². The van der Waals surface area contributed by atoms with Gasteiger partial charge in [-0.15, -0.1) is 0 Å². The Morgan fingerprint density at radius 2 is 2.29 bits per heavy atom. The van der Waals surface area contributed by atoms with Crippen molar-refractivity contribution in [3.8, 4) is 0 Å². The van der Waals surface area contributed by atoms with Gasteiger partial charge < -0.3 is 10.2 Å². The van der Waals surface area contributed by atoms with Crippen LogP contribution in [0.15, 0.2) is 24.3 Å². The van der Waals surface area contributed by atoms with E-state index >= 15 is 0 Å². The number of hydrogen-bond donors (Lipinski definition) is 1. The van der Waals surface area contributed by atoms with Crippen LogP contribution in [-0.2, 0) is 9.59 Å². The molecule has 1 atom stereocenters. The second-order valence-corrected chi connectivity index (χ2v) is 5.50. The van der Waals surface area contributed by atoms with E-state index in [-0.39, 0.29) is 17.9 Å². The number of hydrogen-bond acceptors (Lipinski definition) is 2. The molecule has 21 heavy (non-hydrogen) atoms. The SMILES string of the molecule is CCC1C(=O)NCCN1C(=O)C=Cc1ccc(C)c(Cl)c1. The minimum Gasteiger partial charge on any atom is -0.353 e. The molecule has 1 unspecified atom stereocenters. The predicted molar refractivity (Wildman–Crippen MR) is 84.0 cm³/mol. The van der Waals surface area contributed by atoms with Gasteiger partial charge in [-0.05, 0) is 36.6 Å². The van der Waals surface area contributed by atoms with E-state index in [0.29, 0.717) is 24.5 Å². The van der Waals surface area contributed by atoms with Gasteiger partial charge in [0.25, 0.3) is 0 Å². The summed E-state index contributed by atoms with van der Waals surface area (Å²) in [6.45, 7) is 4.88. The van der Waals surface area contributed by atoms with Gasteiger partial charge in [-0.3, -0.25) is 9.59 Å². The van der Waals surface area contributed by atoms with Gasteiger partial charge in [0.15, 0.2) is 0 Å². The Morgan fingerprint density at radius 1 is 1.52 bits per heavy atom. The lowest BCUT2D eigenvalue weighted by atomic mass is 10.1. The van der Waals surface area contributed by atoms with Crippen LogP contribution in [0.1, 0.15) is 24.5 Å². The Hall–Kier alpha value is -1.81. The summed E-state index contributed by atoms with van der Waals surface area (Å²) in [6.07, 6.45) is 3.84. The summed E-state index contributed by atoms with van der Waals surface area (Å²) in [5.41, 5.74) is 1.87. The average Bonchev–Trinajstić information content (AvgIpc) is 2.48. The number of carbonyl (C=O) groups excluding carboxylic acids is 2. The largest absolute Gasteiger partial charge is 0.353 e. The molecule has 5 heteroatoms. The Morgan fingerprint density at radius 3 is 2.95 bits per heavy atom. The summed E-state index contributed by atoms with van der Waals surface area (Å²) >= 11 is 6.06. The number of rotatable bonds is 3. The van der Waals surface area contributed by atoms with Gasteiger partial charge in [0.2, 0.25) is 11.8 Å². The number of nitrogens with zero attached hydrogens (tertiary/aromatic N) is 1. The third-order valence-corrected chi connectivity index (χ3v) is 4.02. The summed E-state index contributed by atoms with van der Waals surface area (Å²) in [6, 6.07) is 5.26. The first-order valence-corrected chi connectivity index (χ1v) is 7.43. The van der Waals surface area contributed by atoms with Gasteiger partial charge in [-0.1, -0.05) is 30.7 Å². The molecule has 0 aliphatic carbocycles. The van der Waals surface area contributed by atoms with Crippen molar-refractivity contribution in [2.24, 2.45) is 0 Å². The normalized spacial score (nSPS) is 18.9. The van der Waals surface area contributed by atoms with Crippen LogP contribution in [0, 0.1) is 6.92 Å². The highest BCUT2D eigenvalue weighted by Crippen LogP contribution is 2.18. The number of aryl methyl sites for hydroxylation is 1. The lowest BCUT2D eigenvalue weighted by Gasteiger charge is -2.33. The van der Waals surface area contributed by atoms with Crippen LogP contribution in [0.2, 0.25) is 5.02 Å². The molecule has 0 spiro atoms. The fourth-order valence-corrected chi connectivity index (χ4v) is 2.55. The van der Waals surface area contributed by atoms with Gasteiger partial charge in [-0.25, -0.2) is 0 Å². The molecule has 1 aliphatic heterocycles. The Bertz CT molecular complexity index is 584. The molecule has 1 aromatic rings. The molecule has 1 N–H and O–H groups in total. The lowest BCUT2D eigenvalue weighted by Crippen LogP contribution is -2.56. The maximum atomic E-state index is 12.3. The van der Waals surface area contributed by atoms with E-state index in [1.54, 1.807) is 11.0 Å². The highest BCUT2D eigenvalue weighted by Gasteiger charge is 2.30. The van der Waals surface area contributed by atoms with E-state index in [4.69, 9.17) is 11.6 Å². The second kappa shape index (κ2) is 6.76. The first-order valence-electron chi connectivity index (χ1n) is 7.05. The van der Waals surface area contributed by atoms with Crippen molar-refractivity contribution < 1.29 is 9.59 Å². The Labute approximate surface area is 129 Å². The lowest BCUT2D eigenvalue weighted by molar-refractivity contribution is -0.140. The molecule has 112 valence electrons. The summed E-state index contributed by atoms with van der Waals surface area (Å²) in [5, 5.41) is 3.46. The van der Waals surface area contributed by atoms with Crippen LogP contribution >= 0.6 is 11.6 Å². The quantitative estimate of drug-likeness (QED) is 0.872. The van der Waals surface area contributed by atoms with Crippen LogP contribution in [0.4, 0.5) is 0 Å². The molecule has 1 aliphatic rings. The third-order valence-electron chi connectivity index (χ3n) is 3.61. The third kappa shape index (κ3) is 3.64. The molecule has 1 saturated heterocycles. The fraction of sp³-hybridized carbons (Fsp3) is 0.375. The number of amides is 2. The second-order valence-electron chi connectivity index (χ2n) is 5.09. The maximum absolute atomic E-state index is 12.3. The molecule has 0 aromatic heterocycles. The molecule has 0 saturated carbocycles. The van der Waals surface area contributed by atoms with E-state index in [0.717, 1.165) is 11.1 Å². The van der Waals surface area contributed by atoms with E-state index in [1.807, 2.05) is 32.0 Å².